The molecule has 0 saturated heterocycles. The molecule has 0 spiro atoms. The van der Waals surface area contributed by atoms with Crippen molar-refractivity contribution in [2.75, 3.05) is 14.1 Å². The second-order valence-corrected chi connectivity index (χ2v) is 6.17. The molecule has 1 amide bonds. The van der Waals surface area contributed by atoms with Gasteiger partial charge in [0.05, 0.1) is 6.04 Å². The topological polar surface area (TPSA) is 32.3 Å². The number of aryl methyl sites for hydroxylation is 2. The predicted molar refractivity (Wildman–Crippen MR) is 84.7 cm³/mol. The van der Waals surface area contributed by atoms with E-state index in [4.69, 9.17) is 0 Å². The van der Waals surface area contributed by atoms with Crippen molar-refractivity contribution < 1.29 is 4.79 Å². The molecule has 0 radical (unpaired) electrons. The summed E-state index contributed by atoms with van der Waals surface area (Å²) in [6.07, 6.45) is 0.863. The van der Waals surface area contributed by atoms with E-state index in [1.54, 1.807) is 4.90 Å². The molecule has 1 aromatic carbocycles. The molecule has 0 aromatic heterocycles. The van der Waals surface area contributed by atoms with Crippen LogP contribution in [0.3, 0.4) is 0 Å². The Bertz CT molecular complexity index is 432. The molecule has 1 N–H and O–H groups in total. The van der Waals surface area contributed by atoms with E-state index in [0.29, 0.717) is 5.92 Å². The summed E-state index contributed by atoms with van der Waals surface area (Å²) in [4.78, 5) is 13.9. The fourth-order valence-corrected chi connectivity index (χ4v) is 2.41. The van der Waals surface area contributed by atoms with Gasteiger partial charge in [0.25, 0.3) is 0 Å². The smallest absolute Gasteiger partial charge is 0.239 e. The first kappa shape index (κ1) is 16.7. The first-order valence-electron chi connectivity index (χ1n) is 7.32. The van der Waals surface area contributed by atoms with Gasteiger partial charge in [-0.2, -0.15) is 0 Å². The van der Waals surface area contributed by atoms with Crippen LogP contribution in [0.5, 0.6) is 0 Å². The molecule has 1 atom stereocenters. The van der Waals surface area contributed by atoms with Gasteiger partial charge < -0.3 is 10.2 Å². The Morgan fingerprint density at radius 2 is 1.75 bits per heavy atom. The van der Waals surface area contributed by atoms with E-state index in [9.17, 15) is 4.79 Å². The normalized spacial score (nSPS) is 12.6. The van der Waals surface area contributed by atoms with Gasteiger partial charge in [0.1, 0.15) is 0 Å². The van der Waals surface area contributed by atoms with Gasteiger partial charge in [-0.3, -0.25) is 4.79 Å². The number of carbonyl (C=O) groups is 1. The van der Waals surface area contributed by atoms with Crippen molar-refractivity contribution in [3.8, 4) is 0 Å². The van der Waals surface area contributed by atoms with Gasteiger partial charge in [0, 0.05) is 20.6 Å². The molecule has 0 bridgehead atoms. The Morgan fingerprint density at radius 1 is 1.20 bits per heavy atom. The van der Waals surface area contributed by atoms with Crippen molar-refractivity contribution in [1.29, 1.82) is 0 Å². The summed E-state index contributed by atoms with van der Waals surface area (Å²) in [5.74, 6) is 0.652. The van der Waals surface area contributed by atoms with Gasteiger partial charge in [0.2, 0.25) is 5.91 Å². The first-order chi connectivity index (χ1) is 9.32. The van der Waals surface area contributed by atoms with Crippen LogP contribution < -0.4 is 5.32 Å². The molecule has 0 aliphatic carbocycles. The van der Waals surface area contributed by atoms with Crippen molar-refractivity contribution in [3.05, 3.63) is 34.9 Å². The standard InChI is InChI=1S/C17H28N2O/c1-12(2)10-16(17(20)19(5)6)18-11-15-13(3)8-7-9-14(15)4/h7-9,12,16,18H,10-11H2,1-6H3. The lowest BCUT2D eigenvalue weighted by molar-refractivity contribution is -0.131. The van der Waals surface area contributed by atoms with Gasteiger partial charge in [-0.25, -0.2) is 0 Å². The highest BCUT2D eigenvalue weighted by molar-refractivity contribution is 5.81. The summed E-state index contributed by atoms with van der Waals surface area (Å²) in [6.45, 7) is 9.28. The summed E-state index contributed by atoms with van der Waals surface area (Å²) < 4.78 is 0. The minimum Gasteiger partial charge on any atom is -0.347 e. The Kier molecular flexibility index (Phi) is 6.21. The van der Waals surface area contributed by atoms with Crippen molar-refractivity contribution in [3.63, 3.8) is 0 Å². The van der Waals surface area contributed by atoms with Crippen LogP contribution in [0.4, 0.5) is 0 Å². The van der Waals surface area contributed by atoms with Crippen molar-refractivity contribution >= 4 is 5.91 Å². The van der Waals surface area contributed by atoms with Crippen LogP contribution in [-0.4, -0.2) is 30.9 Å². The van der Waals surface area contributed by atoms with Crippen LogP contribution in [0.2, 0.25) is 0 Å². The van der Waals surface area contributed by atoms with Crippen LogP contribution in [-0.2, 0) is 11.3 Å². The zero-order valence-electron chi connectivity index (χ0n) is 13.7. The van der Waals surface area contributed by atoms with Gasteiger partial charge in [-0.15, -0.1) is 0 Å². The maximum atomic E-state index is 12.2. The second kappa shape index (κ2) is 7.44. The van der Waals surface area contributed by atoms with E-state index in [0.717, 1.165) is 13.0 Å². The molecule has 112 valence electrons. The molecule has 1 rings (SSSR count). The largest absolute Gasteiger partial charge is 0.347 e. The van der Waals surface area contributed by atoms with Gasteiger partial charge >= 0.3 is 0 Å². The number of likely N-dealkylation sites (N-methyl/N-ethyl adjacent to an activating group) is 1. The van der Waals surface area contributed by atoms with Crippen LogP contribution in [0, 0.1) is 19.8 Å². The number of rotatable bonds is 6. The van der Waals surface area contributed by atoms with Crippen LogP contribution in [0.1, 0.15) is 37.0 Å². The molecular formula is C17H28N2O. The SMILES string of the molecule is Cc1cccc(C)c1CNC(CC(C)C)C(=O)N(C)C. The number of benzene rings is 1. The van der Waals surface area contributed by atoms with Crippen LogP contribution >= 0.6 is 0 Å². The first-order valence-corrected chi connectivity index (χ1v) is 7.32. The maximum Gasteiger partial charge on any atom is 0.239 e. The lowest BCUT2D eigenvalue weighted by Crippen LogP contribution is -2.44. The lowest BCUT2D eigenvalue weighted by atomic mass is 10.00. The Morgan fingerprint density at radius 3 is 2.20 bits per heavy atom. The molecule has 0 aliphatic rings. The fraction of sp³-hybridized carbons (Fsp3) is 0.588. The second-order valence-electron chi connectivity index (χ2n) is 6.17. The average Bonchev–Trinajstić information content (AvgIpc) is 2.35. The van der Waals surface area contributed by atoms with Gasteiger partial charge in [-0.05, 0) is 42.9 Å². The average molecular weight is 276 g/mol. The number of nitrogens with one attached hydrogen (secondary N) is 1. The molecule has 1 aromatic rings. The summed E-state index contributed by atoms with van der Waals surface area (Å²) in [5, 5.41) is 3.44. The summed E-state index contributed by atoms with van der Waals surface area (Å²) in [7, 11) is 3.63. The molecule has 0 saturated carbocycles. The third-order valence-electron chi connectivity index (χ3n) is 3.62. The number of carbonyl (C=O) groups excluding carboxylic acids is 1. The van der Waals surface area contributed by atoms with Gasteiger partial charge in [-0.1, -0.05) is 32.0 Å². The zero-order valence-corrected chi connectivity index (χ0v) is 13.7. The van der Waals surface area contributed by atoms with E-state index in [-0.39, 0.29) is 11.9 Å². The minimum absolute atomic E-state index is 0.107. The summed E-state index contributed by atoms with van der Waals surface area (Å²) >= 11 is 0. The number of hydrogen-bond donors (Lipinski definition) is 1. The fourth-order valence-electron chi connectivity index (χ4n) is 2.41. The highest BCUT2D eigenvalue weighted by atomic mass is 16.2. The molecule has 20 heavy (non-hydrogen) atoms. The monoisotopic (exact) mass is 276 g/mol. The Balaban J connectivity index is 2.78. The Labute approximate surface area is 123 Å². The third kappa shape index (κ3) is 4.64. The summed E-state index contributed by atoms with van der Waals surface area (Å²) in [6, 6.07) is 6.21. The molecule has 3 heteroatoms. The van der Waals surface area contributed by atoms with Crippen LogP contribution in [0.15, 0.2) is 18.2 Å². The van der Waals surface area contributed by atoms with E-state index in [1.807, 2.05) is 14.1 Å². The molecule has 0 aliphatic heterocycles. The van der Waals surface area contributed by atoms with Crippen LogP contribution in [0.25, 0.3) is 0 Å². The quantitative estimate of drug-likeness (QED) is 0.866. The minimum atomic E-state index is -0.107. The third-order valence-corrected chi connectivity index (χ3v) is 3.62. The number of nitrogens with zero attached hydrogens (tertiary/aromatic N) is 1. The van der Waals surface area contributed by atoms with E-state index in [2.05, 4.69) is 51.2 Å². The number of hydrogen-bond acceptors (Lipinski definition) is 2. The highest BCUT2D eigenvalue weighted by Gasteiger charge is 2.21. The van der Waals surface area contributed by atoms with Gasteiger partial charge in [0.15, 0.2) is 0 Å². The zero-order chi connectivity index (χ0) is 15.3. The molecule has 3 nitrogen and oxygen atoms in total. The molecule has 0 fully saturated rings. The predicted octanol–water partition coefficient (Wildman–Crippen LogP) is 2.90. The molecule has 1 unspecified atom stereocenters. The highest BCUT2D eigenvalue weighted by Crippen LogP contribution is 2.14. The van der Waals surface area contributed by atoms with Crippen molar-refractivity contribution in [2.45, 2.75) is 46.7 Å². The molecule has 0 heterocycles. The molecular weight excluding hydrogens is 248 g/mol. The number of amides is 1. The van der Waals surface area contributed by atoms with Crippen molar-refractivity contribution in [1.82, 2.24) is 10.2 Å². The van der Waals surface area contributed by atoms with E-state index < -0.39 is 0 Å². The van der Waals surface area contributed by atoms with Crippen molar-refractivity contribution in [2.24, 2.45) is 5.92 Å². The lowest BCUT2D eigenvalue weighted by Gasteiger charge is -2.24. The maximum absolute atomic E-state index is 12.2. The van der Waals surface area contributed by atoms with E-state index in [1.165, 1.54) is 16.7 Å². The van der Waals surface area contributed by atoms with E-state index >= 15 is 0 Å². The summed E-state index contributed by atoms with van der Waals surface area (Å²) in [5.41, 5.74) is 3.85. The Hall–Kier alpha value is -1.35.